The Kier molecular flexibility index (Phi) is 4.13. The predicted molar refractivity (Wildman–Crippen MR) is 106 cm³/mol. The number of nitrogens with zero attached hydrogens (tertiary/aromatic N) is 3. The molecule has 0 spiro atoms. The summed E-state index contributed by atoms with van der Waals surface area (Å²) in [5, 5.41) is 9.23. The minimum atomic E-state index is 0.905. The molecule has 128 valence electrons. The molecule has 0 atom stereocenters. The van der Waals surface area contributed by atoms with Gasteiger partial charge >= 0.3 is 0 Å². The molecule has 0 N–H and O–H groups in total. The fourth-order valence-corrected chi connectivity index (χ4v) is 3.45. The molecule has 0 unspecified atom stereocenters. The Hall–Kier alpha value is -3.20. The van der Waals surface area contributed by atoms with E-state index in [-0.39, 0.29) is 0 Å². The number of benzene rings is 3. The molecule has 4 rings (SSSR count). The second-order valence-electron chi connectivity index (χ2n) is 6.66. The zero-order valence-corrected chi connectivity index (χ0v) is 15.3. The molecule has 0 saturated carbocycles. The topological polar surface area (TPSA) is 30.7 Å². The summed E-state index contributed by atoms with van der Waals surface area (Å²) in [5.41, 5.74) is 9.11. The van der Waals surface area contributed by atoms with Gasteiger partial charge in [0.15, 0.2) is 0 Å². The van der Waals surface area contributed by atoms with Gasteiger partial charge in [-0.3, -0.25) is 0 Å². The molecule has 3 heteroatoms. The third kappa shape index (κ3) is 2.92. The van der Waals surface area contributed by atoms with Crippen LogP contribution in [0.4, 0.5) is 0 Å². The number of hydrogen-bond acceptors (Lipinski definition) is 2. The lowest BCUT2D eigenvalue weighted by Gasteiger charge is -2.11. The van der Waals surface area contributed by atoms with Gasteiger partial charge in [0, 0.05) is 5.56 Å². The Morgan fingerprint density at radius 1 is 0.692 bits per heavy atom. The molecule has 0 aliphatic heterocycles. The average Bonchev–Trinajstić information content (AvgIpc) is 3.11. The quantitative estimate of drug-likeness (QED) is 0.491. The highest BCUT2D eigenvalue weighted by molar-refractivity contribution is 5.74. The van der Waals surface area contributed by atoms with Gasteiger partial charge in [-0.05, 0) is 54.7 Å². The van der Waals surface area contributed by atoms with E-state index < -0.39 is 0 Å². The van der Waals surface area contributed by atoms with Gasteiger partial charge in [-0.15, -0.1) is 5.10 Å². The highest BCUT2D eigenvalue weighted by Crippen LogP contribution is 2.31. The second kappa shape index (κ2) is 6.60. The molecule has 1 heterocycles. The zero-order chi connectivity index (χ0) is 18.1. The summed E-state index contributed by atoms with van der Waals surface area (Å²) in [6.45, 7) is 6.35. The molecule has 0 amide bonds. The Balaban J connectivity index is 1.77. The van der Waals surface area contributed by atoms with E-state index in [4.69, 9.17) is 5.10 Å². The van der Waals surface area contributed by atoms with Crippen LogP contribution in [0.25, 0.3) is 28.1 Å². The van der Waals surface area contributed by atoms with E-state index in [0.717, 1.165) is 22.5 Å². The van der Waals surface area contributed by atoms with Crippen LogP contribution in [0.5, 0.6) is 0 Å². The molecule has 4 aromatic rings. The molecule has 0 radical (unpaired) electrons. The molecular formula is C23H21N3. The molecule has 0 saturated heterocycles. The van der Waals surface area contributed by atoms with Crippen molar-refractivity contribution < 1.29 is 0 Å². The minimum absolute atomic E-state index is 0.905. The van der Waals surface area contributed by atoms with E-state index in [1.807, 2.05) is 30.5 Å². The van der Waals surface area contributed by atoms with Crippen LogP contribution >= 0.6 is 0 Å². The van der Waals surface area contributed by atoms with Crippen molar-refractivity contribution in [2.45, 2.75) is 20.8 Å². The molecule has 0 aliphatic carbocycles. The Bertz CT molecular complexity index is 1040. The fourth-order valence-electron chi connectivity index (χ4n) is 3.45. The second-order valence-corrected chi connectivity index (χ2v) is 6.66. The first-order valence-electron chi connectivity index (χ1n) is 8.79. The van der Waals surface area contributed by atoms with Crippen molar-refractivity contribution in [3.8, 4) is 28.1 Å². The van der Waals surface area contributed by atoms with Gasteiger partial charge < -0.3 is 0 Å². The molecule has 3 aromatic carbocycles. The van der Waals surface area contributed by atoms with Crippen molar-refractivity contribution in [3.63, 3.8) is 0 Å². The van der Waals surface area contributed by atoms with Gasteiger partial charge in [-0.2, -0.15) is 9.90 Å². The highest BCUT2D eigenvalue weighted by atomic mass is 15.5. The number of para-hydroxylation sites is 1. The summed E-state index contributed by atoms with van der Waals surface area (Å²) >= 11 is 0. The van der Waals surface area contributed by atoms with Crippen LogP contribution in [0.2, 0.25) is 0 Å². The van der Waals surface area contributed by atoms with Crippen molar-refractivity contribution in [1.82, 2.24) is 15.0 Å². The summed E-state index contributed by atoms with van der Waals surface area (Å²) in [6, 6.07) is 23.1. The van der Waals surface area contributed by atoms with Crippen molar-refractivity contribution >= 4 is 0 Å². The highest BCUT2D eigenvalue weighted by Gasteiger charge is 2.13. The average molecular weight is 339 g/mol. The minimum Gasteiger partial charge on any atom is -0.156 e. The Morgan fingerprint density at radius 2 is 1.35 bits per heavy atom. The lowest BCUT2D eigenvalue weighted by molar-refractivity contribution is 0.749. The summed E-state index contributed by atoms with van der Waals surface area (Å²) in [5.74, 6) is 0. The maximum Gasteiger partial charge on any atom is 0.114 e. The predicted octanol–water partition coefficient (Wildman–Crippen LogP) is 5.53. The van der Waals surface area contributed by atoms with Crippen LogP contribution in [0.1, 0.15) is 16.7 Å². The van der Waals surface area contributed by atoms with Crippen LogP contribution in [0.3, 0.4) is 0 Å². The molecule has 1 aromatic heterocycles. The van der Waals surface area contributed by atoms with Crippen molar-refractivity contribution in [1.29, 1.82) is 0 Å². The van der Waals surface area contributed by atoms with Crippen LogP contribution < -0.4 is 0 Å². The molecule has 26 heavy (non-hydrogen) atoms. The molecule has 0 bridgehead atoms. The van der Waals surface area contributed by atoms with E-state index >= 15 is 0 Å². The van der Waals surface area contributed by atoms with E-state index in [1.54, 1.807) is 4.80 Å². The first-order chi connectivity index (χ1) is 12.6. The lowest BCUT2D eigenvalue weighted by Crippen LogP contribution is -2.01. The summed E-state index contributed by atoms with van der Waals surface area (Å²) in [7, 11) is 0. The van der Waals surface area contributed by atoms with E-state index in [2.05, 4.69) is 68.3 Å². The van der Waals surface area contributed by atoms with Crippen LogP contribution in [-0.4, -0.2) is 15.0 Å². The molecule has 0 aliphatic rings. The number of aromatic nitrogens is 3. The summed E-state index contributed by atoms with van der Waals surface area (Å²) in [4.78, 5) is 1.72. The SMILES string of the molecule is Cc1ccccc1-n1ncc(-c2c(C)cc(-c3ccccc3)cc2C)n1. The van der Waals surface area contributed by atoms with E-state index in [1.165, 1.54) is 22.3 Å². The maximum atomic E-state index is 4.74. The largest absolute Gasteiger partial charge is 0.156 e. The third-order valence-corrected chi connectivity index (χ3v) is 4.72. The molecule has 3 nitrogen and oxygen atoms in total. The van der Waals surface area contributed by atoms with Gasteiger partial charge in [0.05, 0.1) is 11.9 Å². The van der Waals surface area contributed by atoms with Crippen LogP contribution in [0.15, 0.2) is 72.9 Å². The standard InChI is InChI=1S/C23H21N3/c1-16-9-7-8-12-22(16)26-24-15-21(25-26)23-17(2)13-20(14-18(23)3)19-10-5-4-6-11-19/h4-15H,1-3H3. The van der Waals surface area contributed by atoms with E-state index in [0.29, 0.717) is 0 Å². The smallest absolute Gasteiger partial charge is 0.114 e. The number of rotatable bonds is 3. The van der Waals surface area contributed by atoms with Gasteiger partial charge in [0.1, 0.15) is 5.69 Å². The maximum absolute atomic E-state index is 4.74. The fraction of sp³-hybridized carbons (Fsp3) is 0.130. The molecule has 0 fully saturated rings. The monoisotopic (exact) mass is 339 g/mol. The van der Waals surface area contributed by atoms with Crippen molar-refractivity contribution in [3.05, 3.63) is 89.6 Å². The first-order valence-corrected chi connectivity index (χ1v) is 8.79. The van der Waals surface area contributed by atoms with Gasteiger partial charge in [-0.1, -0.05) is 60.7 Å². The third-order valence-electron chi connectivity index (χ3n) is 4.72. The zero-order valence-electron chi connectivity index (χ0n) is 15.3. The lowest BCUT2D eigenvalue weighted by atomic mass is 9.94. The first kappa shape index (κ1) is 16.3. The van der Waals surface area contributed by atoms with Gasteiger partial charge in [0.25, 0.3) is 0 Å². The molecular weight excluding hydrogens is 318 g/mol. The van der Waals surface area contributed by atoms with Crippen LogP contribution in [-0.2, 0) is 0 Å². The normalized spacial score (nSPS) is 10.9. The van der Waals surface area contributed by atoms with E-state index in [9.17, 15) is 0 Å². The van der Waals surface area contributed by atoms with Gasteiger partial charge in [-0.25, -0.2) is 0 Å². The Labute approximate surface area is 153 Å². The van der Waals surface area contributed by atoms with Crippen molar-refractivity contribution in [2.75, 3.05) is 0 Å². The number of aryl methyl sites for hydroxylation is 3. The van der Waals surface area contributed by atoms with Gasteiger partial charge in [0.2, 0.25) is 0 Å². The summed E-state index contributed by atoms with van der Waals surface area (Å²) < 4.78 is 0. The van der Waals surface area contributed by atoms with Crippen LogP contribution in [0, 0.1) is 20.8 Å². The summed E-state index contributed by atoms with van der Waals surface area (Å²) in [6.07, 6.45) is 1.85. The Morgan fingerprint density at radius 3 is 2.04 bits per heavy atom. The van der Waals surface area contributed by atoms with Crippen molar-refractivity contribution in [2.24, 2.45) is 0 Å². The number of hydrogen-bond donors (Lipinski definition) is 0.